The van der Waals surface area contributed by atoms with E-state index in [9.17, 15) is 22.0 Å². The summed E-state index contributed by atoms with van der Waals surface area (Å²) in [6.45, 7) is 0.266. The highest BCUT2D eigenvalue weighted by atomic mass is 79.9. The van der Waals surface area contributed by atoms with Crippen molar-refractivity contribution in [2.75, 3.05) is 26.3 Å². The number of carbonyl (C=O) groups is 1. The number of rotatable bonds is 5. The van der Waals surface area contributed by atoms with Crippen molar-refractivity contribution in [3.8, 4) is 0 Å². The van der Waals surface area contributed by atoms with Gasteiger partial charge in [-0.15, -0.1) is 0 Å². The van der Waals surface area contributed by atoms with E-state index in [0.717, 1.165) is 22.5 Å². The molecule has 3 rings (SSSR count). The van der Waals surface area contributed by atoms with E-state index in [4.69, 9.17) is 9.47 Å². The number of nitrogens with zero attached hydrogens (tertiary/aromatic N) is 1. The third-order valence-corrected chi connectivity index (χ3v) is 6.54. The molecule has 0 radical (unpaired) electrons. The second-order valence-corrected chi connectivity index (χ2v) is 8.80. The lowest BCUT2D eigenvalue weighted by Crippen LogP contribution is -2.41. The van der Waals surface area contributed by atoms with Gasteiger partial charge in [0.25, 0.3) is 0 Å². The van der Waals surface area contributed by atoms with E-state index in [0.29, 0.717) is 4.47 Å². The molecule has 10 heteroatoms. The Balaban J connectivity index is 1.79. The van der Waals surface area contributed by atoms with Crippen molar-refractivity contribution in [3.63, 3.8) is 0 Å². The van der Waals surface area contributed by atoms with Crippen LogP contribution in [0.3, 0.4) is 0 Å². The van der Waals surface area contributed by atoms with Crippen LogP contribution in [-0.2, 0) is 26.1 Å². The largest absolute Gasteiger partial charge is 0.457 e. The number of morpholine rings is 1. The Hall–Kier alpha value is -1.88. The fraction of sp³-hybridized carbons (Fsp3) is 0.278. The minimum atomic E-state index is -4.12. The SMILES string of the molecule is O=C(OCc1ccc(Br)cc1F)c1ccc(F)c(S(=O)(=O)N2CCOCC2)c1. The Labute approximate surface area is 169 Å². The van der Waals surface area contributed by atoms with E-state index < -0.39 is 32.5 Å². The molecule has 2 aromatic rings. The Bertz CT molecular complexity index is 993. The molecule has 0 unspecified atom stereocenters. The molecule has 0 amide bonds. The molecule has 28 heavy (non-hydrogen) atoms. The molecule has 0 atom stereocenters. The first-order valence-corrected chi connectivity index (χ1v) is 10.5. The van der Waals surface area contributed by atoms with Crippen LogP contribution in [0, 0.1) is 11.6 Å². The molecule has 2 aromatic carbocycles. The zero-order valence-corrected chi connectivity index (χ0v) is 16.9. The van der Waals surface area contributed by atoms with Gasteiger partial charge in [0.15, 0.2) is 0 Å². The van der Waals surface area contributed by atoms with Gasteiger partial charge in [-0.05, 0) is 30.3 Å². The number of halogens is 3. The van der Waals surface area contributed by atoms with Crippen molar-refractivity contribution in [2.24, 2.45) is 0 Å². The van der Waals surface area contributed by atoms with E-state index in [-0.39, 0.29) is 44.0 Å². The van der Waals surface area contributed by atoms with Crippen molar-refractivity contribution in [1.82, 2.24) is 4.31 Å². The van der Waals surface area contributed by atoms with Crippen molar-refractivity contribution in [2.45, 2.75) is 11.5 Å². The number of ether oxygens (including phenoxy) is 2. The molecule has 0 spiro atoms. The number of hydrogen-bond acceptors (Lipinski definition) is 5. The summed E-state index contributed by atoms with van der Waals surface area (Å²) in [4.78, 5) is 11.6. The maximum Gasteiger partial charge on any atom is 0.338 e. The molecule has 0 saturated carbocycles. The van der Waals surface area contributed by atoms with Crippen LogP contribution >= 0.6 is 15.9 Å². The molecule has 1 aliphatic heterocycles. The smallest absolute Gasteiger partial charge is 0.338 e. The van der Waals surface area contributed by atoms with E-state index in [2.05, 4.69) is 15.9 Å². The molecular formula is C18H16BrF2NO5S. The Kier molecular flexibility index (Phi) is 6.43. The summed E-state index contributed by atoms with van der Waals surface area (Å²) < 4.78 is 65.1. The van der Waals surface area contributed by atoms with E-state index >= 15 is 0 Å². The van der Waals surface area contributed by atoms with Crippen LogP contribution in [0.15, 0.2) is 45.8 Å². The Morgan fingerprint density at radius 2 is 1.82 bits per heavy atom. The monoisotopic (exact) mass is 475 g/mol. The van der Waals surface area contributed by atoms with Crippen molar-refractivity contribution >= 4 is 31.9 Å². The van der Waals surface area contributed by atoms with Crippen LogP contribution in [0.1, 0.15) is 15.9 Å². The van der Waals surface area contributed by atoms with E-state index in [1.165, 1.54) is 12.1 Å². The Morgan fingerprint density at radius 3 is 2.50 bits per heavy atom. The summed E-state index contributed by atoms with van der Waals surface area (Å²) >= 11 is 3.13. The van der Waals surface area contributed by atoms with Crippen LogP contribution in [0.4, 0.5) is 8.78 Å². The van der Waals surface area contributed by atoms with Gasteiger partial charge in [-0.1, -0.05) is 22.0 Å². The van der Waals surface area contributed by atoms with E-state index in [1.807, 2.05) is 0 Å². The maximum absolute atomic E-state index is 14.2. The van der Waals surface area contributed by atoms with Crippen LogP contribution < -0.4 is 0 Å². The third kappa shape index (κ3) is 4.57. The number of carbonyl (C=O) groups excluding carboxylic acids is 1. The topological polar surface area (TPSA) is 72.9 Å². The lowest BCUT2D eigenvalue weighted by molar-refractivity contribution is 0.0468. The molecule has 0 N–H and O–H groups in total. The lowest BCUT2D eigenvalue weighted by Gasteiger charge is -2.26. The second-order valence-electron chi connectivity index (χ2n) is 5.97. The molecule has 1 heterocycles. The van der Waals surface area contributed by atoms with Crippen molar-refractivity contribution in [3.05, 3.63) is 63.6 Å². The van der Waals surface area contributed by atoms with Gasteiger partial charge in [-0.25, -0.2) is 22.0 Å². The molecule has 0 aliphatic carbocycles. The summed E-state index contributed by atoms with van der Waals surface area (Å²) in [7, 11) is -4.12. The molecule has 0 bridgehead atoms. The first-order valence-electron chi connectivity index (χ1n) is 8.27. The molecule has 150 valence electrons. The van der Waals surface area contributed by atoms with Crippen molar-refractivity contribution < 1.29 is 31.5 Å². The van der Waals surface area contributed by atoms with Crippen LogP contribution in [0.5, 0.6) is 0 Å². The second kappa shape index (κ2) is 8.64. The highest BCUT2D eigenvalue weighted by Crippen LogP contribution is 2.23. The van der Waals surface area contributed by atoms with E-state index in [1.54, 1.807) is 6.07 Å². The maximum atomic E-state index is 14.2. The van der Waals surface area contributed by atoms with Crippen LogP contribution in [0.25, 0.3) is 0 Å². The first kappa shape index (κ1) is 20.8. The molecular weight excluding hydrogens is 460 g/mol. The van der Waals surface area contributed by atoms with Gasteiger partial charge >= 0.3 is 5.97 Å². The first-order chi connectivity index (χ1) is 13.3. The lowest BCUT2D eigenvalue weighted by atomic mass is 10.2. The van der Waals surface area contributed by atoms with Gasteiger partial charge in [0.2, 0.25) is 10.0 Å². The molecule has 1 fully saturated rings. The fourth-order valence-electron chi connectivity index (χ4n) is 2.62. The van der Waals surface area contributed by atoms with Gasteiger partial charge in [0, 0.05) is 23.1 Å². The summed E-state index contributed by atoms with van der Waals surface area (Å²) in [5, 5.41) is 0. The summed E-state index contributed by atoms with van der Waals surface area (Å²) in [5.41, 5.74) is 0.00516. The molecule has 0 aromatic heterocycles. The minimum Gasteiger partial charge on any atom is -0.457 e. The fourth-order valence-corrected chi connectivity index (χ4v) is 4.45. The Morgan fingerprint density at radius 1 is 1.11 bits per heavy atom. The highest BCUT2D eigenvalue weighted by Gasteiger charge is 2.30. The van der Waals surface area contributed by atoms with Crippen LogP contribution in [0.2, 0.25) is 0 Å². The molecule has 1 aliphatic rings. The van der Waals surface area contributed by atoms with Crippen molar-refractivity contribution in [1.29, 1.82) is 0 Å². The summed E-state index contributed by atoms with van der Waals surface area (Å²) in [5.74, 6) is -2.42. The number of benzene rings is 2. The van der Waals surface area contributed by atoms with Gasteiger partial charge in [-0.2, -0.15) is 4.31 Å². The van der Waals surface area contributed by atoms with Gasteiger partial charge in [-0.3, -0.25) is 0 Å². The number of hydrogen-bond donors (Lipinski definition) is 0. The zero-order valence-electron chi connectivity index (χ0n) is 14.5. The predicted molar refractivity (Wildman–Crippen MR) is 99.2 cm³/mol. The standard InChI is InChI=1S/C18H16BrF2NO5S/c19-14-3-1-13(16(21)10-14)11-27-18(23)12-2-4-15(20)17(9-12)28(24,25)22-5-7-26-8-6-22/h1-4,9-10H,5-8,11H2. The minimum absolute atomic E-state index is 0.0965. The zero-order chi connectivity index (χ0) is 20.3. The average molecular weight is 476 g/mol. The normalized spacial score (nSPS) is 15.4. The van der Waals surface area contributed by atoms with Crippen LogP contribution in [-0.4, -0.2) is 45.0 Å². The third-order valence-electron chi connectivity index (χ3n) is 4.13. The van der Waals surface area contributed by atoms with Gasteiger partial charge < -0.3 is 9.47 Å². The average Bonchev–Trinajstić information content (AvgIpc) is 2.68. The van der Waals surface area contributed by atoms with Gasteiger partial charge in [0.05, 0.1) is 18.8 Å². The summed E-state index contributed by atoms with van der Waals surface area (Å²) in [6.07, 6.45) is 0. The summed E-state index contributed by atoms with van der Waals surface area (Å²) in [6, 6.07) is 7.22. The molecule has 6 nitrogen and oxygen atoms in total. The molecule has 1 saturated heterocycles. The number of esters is 1. The quantitative estimate of drug-likeness (QED) is 0.621. The number of sulfonamides is 1. The predicted octanol–water partition coefficient (Wildman–Crippen LogP) is 3.11. The van der Waals surface area contributed by atoms with Gasteiger partial charge in [0.1, 0.15) is 23.1 Å². The highest BCUT2D eigenvalue weighted by molar-refractivity contribution is 9.10.